The lowest BCUT2D eigenvalue weighted by Gasteiger charge is -2.48. The number of allylic oxidation sites excluding steroid dienone is 2. The minimum Gasteiger partial charge on any atom is -0.394 e. The van der Waals surface area contributed by atoms with Crippen LogP contribution in [0.15, 0.2) is 12.2 Å². The van der Waals surface area contributed by atoms with Gasteiger partial charge < -0.3 is 89.9 Å². The molecule has 0 aromatic rings. The lowest BCUT2D eigenvalue weighted by atomic mass is 9.96. The largest absolute Gasteiger partial charge is 0.394 e. The number of hydrogen-bond acceptors (Lipinski definition) is 18. The van der Waals surface area contributed by atoms with Crippen molar-refractivity contribution in [1.82, 2.24) is 5.32 Å². The van der Waals surface area contributed by atoms with Crippen LogP contribution in [-0.2, 0) is 33.2 Å². The van der Waals surface area contributed by atoms with E-state index < -0.39 is 124 Å². The second-order valence-electron chi connectivity index (χ2n) is 27.5. The van der Waals surface area contributed by atoms with Crippen molar-refractivity contribution in [3.8, 4) is 0 Å². The van der Waals surface area contributed by atoms with E-state index in [1.165, 1.54) is 238 Å². The molecule has 12 N–H and O–H groups in total. The summed E-state index contributed by atoms with van der Waals surface area (Å²) in [6, 6.07) is -0.885. The van der Waals surface area contributed by atoms with Gasteiger partial charge in [0.05, 0.1) is 38.6 Å². The second kappa shape index (κ2) is 55.4. The number of aliphatic hydroxyl groups is 11. The Hall–Kier alpha value is -1.47. The molecule has 0 bridgehead atoms. The summed E-state index contributed by atoms with van der Waals surface area (Å²) < 4.78 is 34.5. The van der Waals surface area contributed by atoms with Crippen LogP contribution in [0.25, 0.3) is 0 Å². The number of hydrogen-bond donors (Lipinski definition) is 12. The third-order valence-corrected chi connectivity index (χ3v) is 19.3. The molecule has 1 amide bonds. The minimum atomic E-state index is -1.97. The minimum absolute atomic E-state index is 0.237. The average molecular weight is 1320 g/mol. The Kier molecular flexibility index (Phi) is 51.0. The Bertz CT molecular complexity index is 1720. The van der Waals surface area contributed by atoms with Gasteiger partial charge in [-0.3, -0.25) is 4.79 Å². The second-order valence-corrected chi connectivity index (χ2v) is 27.5. The van der Waals surface area contributed by atoms with E-state index in [4.69, 9.17) is 28.4 Å². The summed E-state index contributed by atoms with van der Waals surface area (Å²) in [4.78, 5) is 13.5. The quantitative estimate of drug-likeness (QED) is 0.0199. The van der Waals surface area contributed by atoms with Crippen LogP contribution in [0, 0.1) is 0 Å². The monoisotopic (exact) mass is 1320 g/mol. The Morgan fingerprint density at radius 1 is 0.380 bits per heavy atom. The zero-order valence-corrected chi connectivity index (χ0v) is 57.8. The number of unbranched alkanes of at least 4 members (excludes halogenated alkanes) is 42. The molecule has 3 aliphatic rings. The molecule has 0 saturated carbocycles. The molecule has 0 aromatic heterocycles. The maximum Gasteiger partial charge on any atom is 0.220 e. The molecule has 92 heavy (non-hydrogen) atoms. The first-order chi connectivity index (χ1) is 44.8. The van der Waals surface area contributed by atoms with Gasteiger partial charge in [0.1, 0.15) is 73.2 Å². The molecule has 3 saturated heterocycles. The van der Waals surface area contributed by atoms with Crippen molar-refractivity contribution in [2.24, 2.45) is 0 Å². The van der Waals surface area contributed by atoms with Gasteiger partial charge >= 0.3 is 0 Å². The van der Waals surface area contributed by atoms with Crippen molar-refractivity contribution >= 4 is 5.91 Å². The van der Waals surface area contributed by atoms with Crippen LogP contribution in [0.3, 0.4) is 0 Å². The number of aliphatic hydroxyl groups excluding tert-OH is 11. The van der Waals surface area contributed by atoms with Gasteiger partial charge in [-0.25, -0.2) is 0 Å². The Labute approximate surface area is 556 Å². The normalized spacial score (nSPS) is 27.7. The molecule has 17 unspecified atom stereocenters. The molecule has 3 aliphatic heterocycles. The number of rotatable bonds is 60. The van der Waals surface area contributed by atoms with Gasteiger partial charge in [-0.15, -0.1) is 0 Å². The molecule has 3 fully saturated rings. The maximum atomic E-state index is 13.5. The van der Waals surface area contributed by atoms with E-state index in [1.54, 1.807) is 0 Å². The molecule has 3 heterocycles. The topological polar surface area (TPSA) is 307 Å². The highest BCUT2D eigenvalue weighted by molar-refractivity contribution is 5.76. The van der Waals surface area contributed by atoms with Crippen LogP contribution >= 0.6 is 0 Å². The zero-order chi connectivity index (χ0) is 66.8. The number of amides is 1. The van der Waals surface area contributed by atoms with E-state index in [-0.39, 0.29) is 18.9 Å². The van der Waals surface area contributed by atoms with Crippen LogP contribution in [0.1, 0.15) is 316 Å². The summed E-state index contributed by atoms with van der Waals surface area (Å²) in [5.74, 6) is -0.237. The van der Waals surface area contributed by atoms with Gasteiger partial charge in [-0.2, -0.15) is 0 Å². The molecule has 19 nitrogen and oxygen atoms in total. The average Bonchev–Trinajstić information content (AvgIpc) is 0.837. The fraction of sp³-hybridized carbons (Fsp3) is 0.959. The fourth-order valence-corrected chi connectivity index (χ4v) is 13.2. The van der Waals surface area contributed by atoms with Gasteiger partial charge in [0, 0.05) is 6.42 Å². The molecule has 0 aromatic carbocycles. The van der Waals surface area contributed by atoms with Crippen molar-refractivity contribution < 1.29 is 89.4 Å². The standard InChI is InChI=1S/C73H139NO18/c1-3-5-7-9-11-13-15-17-19-21-23-25-27-28-29-31-33-35-37-39-41-43-45-47-49-51-61(79)74-56(57(78)50-48-46-44-42-40-38-36-34-32-30-26-24-22-20-18-16-14-12-10-8-6-4-2)55-87-71-67(85)64(82)69(59(53-76)89-71)92-73-68(86)65(83)70(60(54-77)90-73)91-72-66(84)63(81)62(80)58(52-75)88-72/h21,23,56-60,62-73,75-78,80-86H,3-20,22,24-55H2,1-2H3,(H,74,79)/b23-21-. The van der Waals surface area contributed by atoms with Crippen molar-refractivity contribution in [1.29, 1.82) is 0 Å². The molecule has 0 aliphatic carbocycles. The molecule has 544 valence electrons. The zero-order valence-electron chi connectivity index (χ0n) is 57.8. The van der Waals surface area contributed by atoms with E-state index in [0.29, 0.717) is 12.8 Å². The molecule has 0 spiro atoms. The summed E-state index contributed by atoms with van der Waals surface area (Å²) >= 11 is 0. The van der Waals surface area contributed by atoms with E-state index in [9.17, 15) is 61.0 Å². The SMILES string of the molecule is CCCCCCCCCC/C=C\CCCCCCCCCCCCCCCC(=O)NC(COC1OC(CO)C(OC2OC(CO)C(OC3OC(CO)C(O)C(O)C3O)C(O)C2O)C(O)C1O)C(O)CCCCCCCCCCCCCCCCCCCCCCCC. The van der Waals surface area contributed by atoms with Gasteiger partial charge in [-0.05, 0) is 38.5 Å². The van der Waals surface area contributed by atoms with Crippen LogP contribution < -0.4 is 5.32 Å². The number of nitrogens with one attached hydrogen (secondary N) is 1. The smallest absolute Gasteiger partial charge is 0.220 e. The summed E-state index contributed by atoms with van der Waals surface area (Å²) in [5.41, 5.74) is 0. The van der Waals surface area contributed by atoms with Gasteiger partial charge in [-0.1, -0.05) is 283 Å². The first-order valence-electron chi connectivity index (χ1n) is 37.9. The van der Waals surface area contributed by atoms with E-state index in [0.717, 1.165) is 44.9 Å². The molecule has 0 radical (unpaired) electrons. The van der Waals surface area contributed by atoms with Crippen LogP contribution in [-0.4, -0.2) is 193 Å². The first-order valence-corrected chi connectivity index (χ1v) is 37.9. The van der Waals surface area contributed by atoms with Crippen LogP contribution in [0.4, 0.5) is 0 Å². The van der Waals surface area contributed by atoms with E-state index >= 15 is 0 Å². The number of carbonyl (C=O) groups excluding carboxylic acids is 1. The summed E-state index contributed by atoms with van der Waals surface area (Å²) in [7, 11) is 0. The fourth-order valence-electron chi connectivity index (χ4n) is 13.2. The van der Waals surface area contributed by atoms with Crippen LogP contribution in [0.2, 0.25) is 0 Å². The predicted octanol–water partition coefficient (Wildman–Crippen LogP) is 11.2. The highest BCUT2D eigenvalue weighted by Crippen LogP contribution is 2.33. The molecule has 19 heteroatoms. The molecule has 3 rings (SSSR count). The van der Waals surface area contributed by atoms with E-state index in [1.807, 2.05) is 0 Å². The maximum absolute atomic E-state index is 13.5. The number of ether oxygens (including phenoxy) is 6. The van der Waals surface area contributed by atoms with Gasteiger partial charge in [0.25, 0.3) is 0 Å². The van der Waals surface area contributed by atoms with E-state index in [2.05, 4.69) is 31.3 Å². The Morgan fingerprint density at radius 3 is 1.05 bits per heavy atom. The summed E-state index contributed by atoms with van der Waals surface area (Å²) in [6.07, 6.45) is 35.7. The first kappa shape index (κ1) is 84.8. The van der Waals surface area contributed by atoms with Gasteiger partial charge in [0.2, 0.25) is 5.91 Å². The highest BCUT2D eigenvalue weighted by atomic mass is 16.8. The summed E-state index contributed by atoms with van der Waals surface area (Å²) in [5, 5.41) is 121. The Morgan fingerprint density at radius 2 is 0.685 bits per heavy atom. The van der Waals surface area contributed by atoms with Crippen molar-refractivity contribution in [2.75, 3.05) is 26.4 Å². The summed E-state index contributed by atoms with van der Waals surface area (Å²) in [6.45, 7) is 1.85. The van der Waals surface area contributed by atoms with Crippen molar-refractivity contribution in [3.05, 3.63) is 12.2 Å². The Balaban J connectivity index is 1.40. The van der Waals surface area contributed by atoms with Crippen molar-refractivity contribution in [2.45, 2.75) is 420 Å². The molecular formula is C73H139NO18. The van der Waals surface area contributed by atoms with Gasteiger partial charge in [0.15, 0.2) is 18.9 Å². The van der Waals surface area contributed by atoms with Crippen LogP contribution in [0.5, 0.6) is 0 Å². The predicted molar refractivity (Wildman–Crippen MR) is 360 cm³/mol. The molecule has 17 atom stereocenters. The third kappa shape index (κ3) is 36.4. The van der Waals surface area contributed by atoms with Crippen molar-refractivity contribution in [3.63, 3.8) is 0 Å². The lowest BCUT2D eigenvalue weighted by molar-refractivity contribution is -0.379. The molecular weight excluding hydrogens is 1180 g/mol. The number of carbonyl (C=O) groups is 1. The highest BCUT2D eigenvalue weighted by Gasteiger charge is 2.53. The third-order valence-electron chi connectivity index (χ3n) is 19.3. The lowest BCUT2D eigenvalue weighted by Crippen LogP contribution is -2.66.